The Morgan fingerprint density at radius 1 is 1.04 bits per heavy atom. The minimum absolute atomic E-state index is 0.0410. The Kier molecular flexibility index (Phi) is 4.58. The third-order valence-electron chi connectivity index (χ3n) is 4.35. The number of nitrogens with one attached hydrogen (secondary N) is 1. The first kappa shape index (κ1) is 16.8. The van der Waals surface area contributed by atoms with Gasteiger partial charge < -0.3 is 14.6 Å². The normalized spacial score (nSPS) is 10.7. The van der Waals surface area contributed by atoms with Crippen LogP contribution in [0.3, 0.4) is 0 Å². The summed E-state index contributed by atoms with van der Waals surface area (Å²) in [6.45, 7) is 1.90. The molecule has 4 rings (SSSR count). The maximum atomic E-state index is 12.2. The molecule has 0 saturated carbocycles. The number of anilines is 1. The fourth-order valence-corrected chi connectivity index (χ4v) is 2.96. The predicted molar refractivity (Wildman–Crippen MR) is 106 cm³/mol. The summed E-state index contributed by atoms with van der Waals surface area (Å²) in [5, 5.41) is 5.07. The lowest BCUT2D eigenvalue weighted by molar-refractivity contribution is -0.118. The molecular weight excluding hydrogens is 338 g/mol. The van der Waals surface area contributed by atoms with Crippen LogP contribution in [0.25, 0.3) is 16.5 Å². The van der Waals surface area contributed by atoms with E-state index in [9.17, 15) is 4.79 Å². The zero-order chi connectivity index (χ0) is 18.6. The Morgan fingerprint density at radius 3 is 2.56 bits per heavy atom. The average molecular weight is 357 g/mol. The molecule has 0 radical (unpaired) electrons. The summed E-state index contributed by atoms with van der Waals surface area (Å²) >= 11 is 0. The number of ether oxygens (including phenoxy) is 1. The lowest BCUT2D eigenvalue weighted by Gasteiger charge is -2.10. The molecule has 134 valence electrons. The van der Waals surface area contributed by atoms with Gasteiger partial charge in [-0.2, -0.15) is 0 Å². The molecule has 0 aliphatic rings. The molecule has 0 bridgehead atoms. The number of hydrogen-bond donors (Lipinski definition) is 1. The lowest BCUT2D eigenvalue weighted by atomic mass is 10.1. The van der Waals surface area contributed by atoms with Crippen LogP contribution >= 0.6 is 0 Å². The van der Waals surface area contributed by atoms with E-state index < -0.39 is 0 Å². The van der Waals surface area contributed by atoms with Gasteiger partial charge in [0.1, 0.15) is 11.6 Å². The van der Waals surface area contributed by atoms with E-state index >= 15 is 0 Å². The van der Waals surface area contributed by atoms with Gasteiger partial charge in [-0.3, -0.25) is 4.79 Å². The monoisotopic (exact) mass is 357 g/mol. The van der Waals surface area contributed by atoms with Gasteiger partial charge >= 0.3 is 0 Å². The van der Waals surface area contributed by atoms with E-state index in [1.54, 1.807) is 6.20 Å². The minimum Gasteiger partial charge on any atom is -0.484 e. The molecule has 0 atom stereocenters. The molecule has 3 aromatic carbocycles. The maximum absolute atomic E-state index is 12.2. The number of carbonyl (C=O) groups is 1. The highest BCUT2D eigenvalue weighted by molar-refractivity contribution is 5.92. The van der Waals surface area contributed by atoms with E-state index in [0.717, 1.165) is 28.0 Å². The molecule has 0 fully saturated rings. The quantitative estimate of drug-likeness (QED) is 0.578. The highest BCUT2D eigenvalue weighted by atomic mass is 16.5. The maximum Gasteiger partial charge on any atom is 0.262 e. The van der Waals surface area contributed by atoms with Gasteiger partial charge in [0.05, 0.1) is 0 Å². The molecule has 1 N–H and O–H groups in total. The number of rotatable bonds is 5. The molecule has 0 aliphatic heterocycles. The van der Waals surface area contributed by atoms with E-state index in [-0.39, 0.29) is 12.5 Å². The fourth-order valence-electron chi connectivity index (χ4n) is 2.96. The zero-order valence-corrected chi connectivity index (χ0v) is 14.9. The van der Waals surface area contributed by atoms with E-state index in [0.29, 0.717) is 5.75 Å². The van der Waals surface area contributed by atoms with E-state index in [1.165, 1.54) is 0 Å². The first-order chi connectivity index (χ1) is 13.2. The fraction of sp³-hybridized carbons (Fsp3) is 0.0909. The predicted octanol–water partition coefficient (Wildman–Crippen LogP) is 4.35. The molecular formula is C22H19N3O2. The second-order valence-corrected chi connectivity index (χ2v) is 6.24. The van der Waals surface area contributed by atoms with Crippen LogP contribution in [0.2, 0.25) is 0 Å². The second kappa shape index (κ2) is 7.33. The topological polar surface area (TPSA) is 56.2 Å². The number of aromatic nitrogens is 2. The summed E-state index contributed by atoms with van der Waals surface area (Å²) < 4.78 is 7.60. The van der Waals surface area contributed by atoms with Gasteiger partial charge in [0.25, 0.3) is 5.91 Å². The van der Waals surface area contributed by atoms with Crippen molar-refractivity contribution in [3.8, 4) is 11.4 Å². The molecule has 5 nitrogen and oxygen atoms in total. The largest absolute Gasteiger partial charge is 0.484 e. The summed E-state index contributed by atoms with van der Waals surface area (Å²) in [4.78, 5) is 16.4. The number of carbonyl (C=O) groups excluding carboxylic acids is 1. The lowest BCUT2D eigenvalue weighted by Crippen LogP contribution is -2.20. The van der Waals surface area contributed by atoms with Crippen molar-refractivity contribution in [3.05, 3.63) is 84.9 Å². The van der Waals surface area contributed by atoms with Gasteiger partial charge in [-0.1, -0.05) is 30.3 Å². The van der Waals surface area contributed by atoms with Crippen LogP contribution in [0.15, 0.2) is 79.1 Å². The molecule has 1 aromatic heterocycles. The molecule has 0 spiro atoms. The molecule has 1 heterocycles. The van der Waals surface area contributed by atoms with Gasteiger partial charge in [-0.25, -0.2) is 4.98 Å². The minimum atomic E-state index is -0.199. The Labute approximate surface area is 157 Å². The summed E-state index contributed by atoms with van der Waals surface area (Å²) in [6.07, 6.45) is 3.66. The Balaban J connectivity index is 1.36. The van der Waals surface area contributed by atoms with Gasteiger partial charge in [0, 0.05) is 23.8 Å². The smallest absolute Gasteiger partial charge is 0.262 e. The van der Waals surface area contributed by atoms with Crippen LogP contribution < -0.4 is 10.1 Å². The second-order valence-electron chi connectivity index (χ2n) is 6.24. The number of benzene rings is 3. The summed E-state index contributed by atoms with van der Waals surface area (Å²) in [5.74, 6) is 1.39. The van der Waals surface area contributed by atoms with E-state index in [1.807, 2.05) is 84.4 Å². The van der Waals surface area contributed by atoms with Crippen LogP contribution in [0.1, 0.15) is 5.82 Å². The summed E-state index contributed by atoms with van der Waals surface area (Å²) in [7, 11) is 0. The number of nitrogens with zero attached hydrogens (tertiary/aromatic N) is 2. The first-order valence-electron chi connectivity index (χ1n) is 8.71. The van der Waals surface area contributed by atoms with E-state index in [2.05, 4.69) is 10.3 Å². The highest BCUT2D eigenvalue weighted by Crippen LogP contribution is 2.20. The third-order valence-corrected chi connectivity index (χ3v) is 4.35. The molecule has 1 amide bonds. The Hall–Kier alpha value is -3.60. The van der Waals surface area contributed by atoms with Crippen LogP contribution in [0.5, 0.6) is 5.75 Å². The zero-order valence-electron chi connectivity index (χ0n) is 14.9. The van der Waals surface area contributed by atoms with Crippen LogP contribution in [0.4, 0.5) is 5.69 Å². The number of imidazole rings is 1. The van der Waals surface area contributed by atoms with Crippen LogP contribution in [-0.4, -0.2) is 22.1 Å². The van der Waals surface area contributed by atoms with Crippen LogP contribution in [0, 0.1) is 6.92 Å². The van der Waals surface area contributed by atoms with Crippen molar-refractivity contribution in [1.82, 2.24) is 9.55 Å². The van der Waals surface area contributed by atoms with Crippen molar-refractivity contribution >= 4 is 22.4 Å². The number of hydrogen-bond acceptors (Lipinski definition) is 3. The Morgan fingerprint density at radius 2 is 1.81 bits per heavy atom. The number of aryl methyl sites for hydroxylation is 1. The van der Waals surface area contributed by atoms with E-state index in [4.69, 9.17) is 4.74 Å². The highest BCUT2D eigenvalue weighted by Gasteiger charge is 2.06. The summed E-state index contributed by atoms with van der Waals surface area (Å²) in [5.41, 5.74) is 1.72. The molecule has 27 heavy (non-hydrogen) atoms. The van der Waals surface area contributed by atoms with Crippen molar-refractivity contribution in [2.75, 3.05) is 11.9 Å². The molecule has 4 aromatic rings. The number of amides is 1. The average Bonchev–Trinajstić information content (AvgIpc) is 3.13. The van der Waals surface area contributed by atoms with Crippen molar-refractivity contribution in [2.45, 2.75) is 6.92 Å². The molecule has 0 aliphatic carbocycles. The van der Waals surface area contributed by atoms with Crippen molar-refractivity contribution < 1.29 is 9.53 Å². The Bertz CT molecular complexity index is 1080. The van der Waals surface area contributed by atoms with Gasteiger partial charge in [-0.15, -0.1) is 0 Å². The SMILES string of the molecule is Cc1nccn1-c1ccc(NC(=O)COc2ccc3ccccc3c2)cc1. The standard InChI is InChI=1S/C22H19N3O2/c1-16-23-12-13-25(16)20-9-7-19(8-10-20)24-22(26)15-27-21-11-6-17-4-2-3-5-18(17)14-21/h2-14H,15H2,1H3,(H,24,26). The van der Waals surface area contributed by atoms with Gasteiger partial charge in [-0.05, 0) is 54.1 Å². The van der Waals surface area contributed by atoms with Crippen molar-refractivity contribution in [2.24, 2.45) is 0 Å². The van der Waals surface area contributed by atoms with Crippen molar-refractivity contribution in [1.29, 1.82) is 0 Å². The van der Waals surface area contributed by atoms with Crippen LogP contribution in [-0.2, 0) is 4.79 Å². The number of fused-ring (bicyclic) bond motifs is 1. The van der Waals surface area contributed by atoms with Gasteiger partial charge in [0.2, 0.25) is 0 Å². The van der Waals surface area contributed by atoms with Crippen molar-refractivity contribution in [3.63, 3.8) is 0 Å². The third kappa shape index (κ3) is 3.82. The molecule has 0 saturated heterocycles. The van der Waals surface area contributed by atoms with Gasteiger partial charge in [0.15, 0.2) is 6.61 Å². The molecule has 5 heteroatoms. The molecule has 0 unspecified atom stereocenters. The first-order valence-corrected chi connectivity index (χ1v) is 8.71. The summed E-state index contributed by atoms with van der Waals surface area (Å²) in [6, 6.07) is 21.4.